The summed E-state index contributed by atoms with van der Waals surface area (Å²) in [7, 11) is 0. The van der Waals surface area contributed by atoms with Crippen molar-refractivity contribution in [3.05, 3.63) is 46.2 Å². The van der Waals surface area contributed by atoms with Crippen LogP contribution in [0, 0.1) is 0 Å². The van der Waals surface area contributed by atoms with Gasteiger partial charge in [0, 0.05) is 4.88 Å². The van der Waals surface area contributed by atoms with Gasteiger partial charge >= 0.3 is 5.97 Å². The summed E-state index contributed by atoms with van der Waals surface area (Å²) >= 11 is 1.70. The van der Waals surface area contributed by atoms with E-state index in [-0.39, 0.29) is 12.0 Å². The molecule has 2 aromatic rings. The van der Waals surface area contributed by atoms with Crippen molar-refractivity contribution in [3.63, 3.8) is 0 Å². The van der Waals surface area contributed by atoms with E-state index in [0.717, 1.165) is 12.1 Å². The normalized spacial score (nSPS) is 11.9. The van der Waals surface area contributed by atoms with Crippen molar-refractivity contribution in [2.75, 3.05) is 17.7 Å². The lowest BCUT2D eigenvalue weighted by Gasteiger charge is -2.19. The van der Waals surface area contributed by atoms with Gasteiger partial charge in [0.05, 0.1) is 29.6 Å². The number of thiophene rings is 1. The number of nitrogens with one attached hydrogen (secondary N) is 1. The van der Waals surface area contributed by atoms with Gasteiger partial charge in [-0.1, -0.05) is 13.0 Å². The Morgan fingerprint density at radius 2 is 2.19 bits per heavy atom. The lowest BCUT2D eigenvalue weighted by Crippen LogP contribution is -2.11. The minimum atomic E-state index is -0.329. The number of rotatable bonds is 6. The largest absolute Gasteiger partial charge is 0.462 e. The van der Waals surface area contributed by atoms with Crippen LogP contribution >= 0.6 is 11.3 Å². The first kappa shape index (κ1) is 15.4. The van der Waals surface area contributed by atoms with Crippen LogP contribution in [0.3, 0.4) is 0 Å². The van der Waals surface area contributed by atoms with Crippen molar-refractivity contribution in [2.24, 2.45) is 0 Å². The maximum absolute atomic E-state index is 11.8. The Hall–Kier alpha value is -2.01. The van der Waals surface area contributed by atoms with E-state index in [2.05, 4.69) is 23.7 Å². The number of nitrogen functional groups attached to an aromatic ring is 1. The van der Waals surface area contributed by atoms with Crippen molar-refractivity contribution in [1.29, 1.82) is 0 Å². The summed E-state index contributed by atoms with van der Waals surface area (Å²) in [6, 6.07) is 9.48. The number of carbonyl (C=O) groups is 1. The molecule has 0 amide bonds. The van der Waals surface area contributed by atoms with E-state index in [0.29, 0.717) is 17.9 Å². The van der Waals surface area contributed by atoms with Gasteiger partial charge in [0.1, 0.15) is 0 Å². The van der Waals surface area contributed by atoms with Crippen LogP contribution in [0.1, 0.15) is 41.5 Å². The van der Waals surface area contributed by atoms with Crippen LogP contribution in [0.4, 0.5) is 11.4 Å². The van der Waals surface area contributed by atoms with Crippen molar-refractivity contribution in [1.82, 2.24) is 0 Å². The summed E-state index contributed by atoms with van der Waals surface area (Å²) in [5.74, 6) is -0.329. The quantitative estimate of drug-likeness (QED) is 0.623. The topological polar surface area (TPSA) is 64.3 Å². The minimum Gasteiger partial charge on any atom is -0.462 e. The van der Waals surface area contributed by atoms with E-state index in [9.17, 15) is 4.79 Å². The Kier molecular flexibility index (Phi) is 5.22. The first-order valence-electron chi connectivity index (χ1n) is 7.02. The second-order valence-corrected chi connectivity index (χ2v) is 5.62. The standard InChI is InChI=1S/C16H20N2O2S/c1-3-13(15-6-5-9-21-15)18-14-10-11(7-8-12(14)17)16(19)20-4-2/h5-10,13,18H,3-4,17H2,1-2H3. The molecule has 1 aromatic carbocycles. The van der Waals surface area contributed by atoms with Crippen LogP contribution in [-0.4, -0.2) is 12.6 Å². The Labute approximate surface area is 128 Å². The Morgan fingerprint density at radius 3 is 2.81 bits per heavy atom. The number of carbonyl (C=O) groups excluding carboxylic acids is 1. The fraction of sp³-hybridized carbons (Fsp3) is 0.312. The summed E-state index contributed by atoms with van der Waals surface area (Å²) in [5.41, 5.74) is 7.91. The zero-order valence-electron chi connectivity index (χ0n) is 12.3. The van der Waals surface area contributed by atoms with Gasteiger partial charge in [0.25, 0.3) is 0 Å². The van der Waals surface area contributed by atoms with E-state index < -0.39 is 0 Å². The van der Waals surface area contributed by atoms with E-state index >= 15 is 0 Å². The smallest absolute Gasteiger partial charge is 0.338 e. The number of benzene rings is 1. The molecule has 1 atom stereocenters. The molecule has 5 heteroatoms. The van der Waals surface area contributed by atoms with Gasteiger partial charge in [0.2, 0.25) is 0 Å². The van der Waals surface area contributed by atoms with Gasteiger partial charge < -0.3 is 15.8 Å². The molecule has 0 saturated heterocycles. The summed E-state index contributed by atoms with van der Waals surface area (Å²) in [4.78, 5) is 13.1. The van der Waals surface area contributed by atoms with Crippen molar-refractivity contribution in [2.45, 2.75) is 26.3 Å². The molecule has 0 fully saturated rings. The van der Waals surface area contributed by atoms with Gasteiger partial charge in [0.15, 0.2) is 0 Å². The van der Waals surface area contributed by atoms with Gasteiger partial charge in [-0.15, -0.1) is 11.3 Å². The third-order valence-electron chi connectivity index (χ3n) is 3.19. The van der Waals surface area contributed by atoms with Crippen LogP contribution < -0.4 is 11.1 Å². The Balaban J connectivity index is 2.22. The van der Waals surface area contributed by atoms with Gasteiger partial charge in [-0.3, -0.25) is 0 Å². The molecular weight excluding hydrogens is 284 g/mol. The maximum atomic E-state index is 11.8. The van der Waals surface area contributed by atoms with Crippen LogP contribution in [0.5, 0.6) is 0 Å². The second-order valence-electron chi connectivity index (χ2n) is 4.64. The predicted octanol–water partition coefficient (Wildman–Crippen LogP) is 4.07. The van der Waals surface area contributed by atoms with Crippen molar-refractivity contribution >= 4 is 28.7 Å². The first-order chi connectivity index (χ1) is 10.2. The van der Waals surface area contributed by atoms with Gasteiger partial charge in [-0.05, 0) is 43.0 Å². The third-order valence-corrected chi connectivity index (χ3v) is 4.18. The summed E-state index contributed by atoms with van der Waals surface area (Å²) in [5, 5.41) is 5.47. The molecule has 0 bridgehead atoms. The highest BCUT2D eigenvalue weighted by Gasteiger charge is 2.14. The number of nitrogens with two attached hydrogens (primary N) is 1. The fourth-order valence-corrected chi connectivity index (χ4v) is 2.94. The summed E-state index contributed by atoms with van der Waals surface area (Å²) in [6.45, 7) is 4.26. The monoisotopic (exact) mass is 304 g/mol. The molecule has 0 aliphatic heterocycles. The van der Waals surface area contributed by atoms with Gasteiger partial charge in [-0.25, -0.2) is 4.79 Å². The van der Waals surface area contributed by atoms with E-state index in [4.69, 9.17) is 10.5 Å². The van der Waals surface area contributed by atoms with Crippen LogP contribution in [-0.2, 0) is 4.74 Å². The average Bonchev–Trinajstić information content (AvgIpc) is 3.00. The van der Waals surface area contributed by atoms with Crippen LogP contribution in [0.2, 0.25) is 0 Å². The molecule has 0 radical (unpaired) electrons. The highest BCUT2D eigenvalue weighted by Crippen LogP contribution is 2.29. The van der Waals surface area contributed by atoms with Crippen molar-refractivity contribution < 1.29 is 9.53 Å². The molecular formula is C16H20N2O2S. The average molecular weight is 304 g/mol. The summed E-state index contributed by atoms with van der Waals surface area (Å²) < 4.78 is 5.02. The Morgan fingerprint density at radius 1 is 1.38 bits per heavy atom. The number of ether oxygens (including phenoxy) is 1. The zero-order valence-corrected chi connectivity index (χ0v) is 13.1. The van der Waals surface area contributed by atoms with E-state index in [1.807, 2.05) is 6.07 Å². The van der Waals surface area contributed by atoms with E-state index in [1.165, 1.54) is 4.88 Å². The van der Waals surface area contributed by atoms with Crippen LogP contribution in [0.15, 0.2) is 35.7 Å². The molecule has 21 heavy (non-hydrogen) atoms. The third kappa shape index (κ3) is 3.76. The second kappa shape index (κ2) is 7.13. The summed E-state index contributed by atoms with van der Waals surface area (Å²) in [6.07, 6.45) is 0.934. The number of esters is 1. The maximum Gasteiger partial charge on any atom is 0.338 e. The molecule has 3 N–H and O–H groups in total. The predicted molar refractivity (Wildman–Crippen MR) is 87.8 cm³/mol. The van der Waals surface area contributed by atoms with E-state index in [1.54, 1.807) is 36.5 Å². The molecule has 4 nitrogen and oxygen atoms in total. The molecule has 1 aromatic heterocycles. The molecule has 0 spiro atoms. The minimum absolute atomic E-state index is 0.185. The van der Waals surface area contributed by atoms with Crippen molar-refractivity contribution in [3.8, 4) is 0 Å². The first-order valence-corrected chi connectivity index (χ1v) is 7.90. The molecule has 0 saturated carbocycles. The molecule has 0 aliphatic carbocycles. The highest BCUT2D eigenvalue weighted by atomic mass is 32.1. The zero-order chi connectivity index (χ0) is 15.2. The Bertz CT molecular complexity index is 596. The molecule has 112 valence electrons. The van der Waals surface area contributed by atoms with Crippen LogP contribution in [0.25, 0.3) is 0 Å². The number of anilines is 2. The molecule has 0 aliphatic rings. The SMILES string of the molecule is CCOC(=O)c1ccc(N)c(NC(CC)c2cccs2)c1. The number of hydrogen-bond donors (Lipinski definition) is 2. The molecule has 1 unspecified atom stereocenters. The number of hydrogen-bond acceptors (Lipinski definition) is 5. The highest BCUT2D eigenvalue weighted by molar-refractivity contribution is 7.10. The fourth-order valence-electron chi connectivity index (χ4n) is 2.07. The van der Waals surface area contributed by atoms with Gasteiger partial charge in [-0.2, -0.15) is 0 Å². The lowest BCUT2D eigenvalue weighted by atomic mass is 10.1. The molecule has 2 rings (SSSR count). The lowest BCUT2D eigenvalue weighted by molar-refractivity contribution is 0.0526. The molecule has 1 heterocycles.